The molecule has 0 aromatic heterocycles. The number of rotatable bonds is 42. The third kappa shape index (κ3) is 41.6. The van der Waals surface area contributed by atoms with Crippen LogP contribution in [0.3, 0.4) is 0 Å². The van der Waals surface area contributed by atoms with Gasteiger partial charge in [-0.05, 0) is 31.1 Å². The molecule has 0 rings (SSSR count). The van der Waals surface area contributed by atoms with Gasteiger partial charge in [0.05, 0.1) is 0 Å². The Morgan fingerprint density at radius 2 is 0.611 bits per heavy atom. The maximum atomic E-state index is 12.6. The van der Waals surface area contributed by atoms with Crippen molar-refractivity contribution < 1.29 is 28.6 Å². The van der Waals surface area contributed by atoms with Gasteiger partial charge in [0.25, 0.3) is 0 Å². The Morgan fingerprint density at radius 3 is 0.907 bits per heavy atom. The second kappa shape index (κ2) is 41.1. The molecule has 0 N–H and O–H groups in total. The molecule has 0 aliphatic rings. The average molecular weight is 765 g/mol. The summed E-state index contributed by atoms with van der Waals surface area (Å²) in [6, 6.07) is 0. The molecule has 0 spiro atoms. The van der Waals surface area contributed by atoms with Crippen LogP contribution in [0.2, 0.25) is 0 Å². The van der Waals surface area contributed by atoms with E-state index in [1.54, 1.807) is 0 Å². The number of carbonyl (C=O) groups is 3. The van der Waals surface area contributed by atoms with E-state index in [2.05, 4.69) is 34.6 Å². The highest BCUT2D eigenvalue weighted by Gasteiger charge is 2.19. The monoisotopic (exact) mass is 765 g/mol. The highest BCUT2D eigenvalue weighted by atomic mass is 16.6. The first-order valence-corrected chi connectivity index (χ1v) is 23.7. The number of carbonyl (C=O) groups excluding carboxylic acids is 3. The quantitative estimate of drug-likeness (QED) is 0.0350. The molecule has 0 aromatic carbocycles. The predicted octanol–water partition coefficient (Wildman–Crippen LogP) is 15.0. The molecule has 0 bridgehead atoms. The van der Waals surface area contributed by atoms with Crippen LogP contribution >= 0.6 is 0 Å². The fraction of sp³-hybridized carbons (Fsp3) is 0.938. The third-order valence-corrected chi connectivity index (χ3v) is 10.7. The van der Waals surface area contributed by atoms with Crippen LogP contribution in [0.25, 0.3) is 0 Å². The van der Waals surface area contributed by atoms with Gasteiger partial charge in [-0.15, -0.1) is 0 Å². The summed E-state index contributed by atoms with van der Waals surface area (Å²) in [7, 11) is 0. The minimum atomic E-state index is -0.759. The Hall–Kier alpha value is -1.59. The van der Waals surface area contributed by atoms with Crippen LogP contribution in [-0.4, -0.2) is 37.2 Å². The van der Waals surface area contributed by atoms with E-state index in [1.165, 1.54) is 148 Å². The standard InChI is InChI=1S/C48H92O6/c1-6-7-8-9-21-30-35-40-48(51)54-45(42-53-47(50)39-34-29-25-20-16-15-18-23-27-32-37-44(4)5)41-52-46(49)38-33-28-24-19-14-12-10-11-13-17-22-26-31-36-43(2)3/h43-45H,6-42H2,1-5H3/t45-/m0/s1. The van der Waals surface area contributed by atoms with Gasteiger partial charge in [-0.1, -0.05) is 221 Å². The summed E-state index contributed by atoms with van der Waals surface area (Å²) >= 11 is 0. The van der Waals surface area contributed by atoms with Crippen LogP contribution in [0, 0.1) is 11.8 Å². The number of ether oxygens (including phenoxy) is 3. The molecule has 6 heteroatoms. The molecule has 54 heavy (non-hydrogen) atoms. The molecule has 0 radical (unpaired) electrons. The van der Waals surface area contributed by atoms with Gasteiger partial charge in [-0.3, -0.25) is 14.4 Å². The summed E-state index contributed by atoms with van der Waals surface area (Å²) < 4.78 is 16.7. The highest BCUT2D eigenvalue weighted by Crippen LogP contribution is 2.17. The van der Waals surface area contributed by atoms with Crippen molar-refractivity contribution in [3.8, 4) is 0 Å². The Kier molecular flexibility index (Phi) is 39.8. The molecule has 0 aliphatic heterocycles. The lowest BCUT2D eigenvalue weighted by atomic mass is 10.0. The van der Waals surface area contributed by atoms with Crippen LogP contribution in [0.1, 0.15) is 259 Å². The second-order valence-electron chi connectivity index (χ2n) is 17.3. The topological polar surface area (TPSA) is 78.9 Å². The van der Waals surface area contributed by atoms with Gasteiger partial charge in [0, 0.05) is 19.3 Å². The molecule has 0 fully saturated rings. The molecule has 0 aromatic rings. The summed E-state index contributed by atoms with van der Waals surface area (Å²) in [6.07, 6.45) is 39.6. The Labute approximate surface area is 336 Å². The van der Waals surface area contributed by atoms with Gasteiger partial charge < -0.3 is 14.2 Å². The van der Waals surface area contributed by atoms with Crippen molar-refractivity contribution in [2.75, 3.05) is 13.2 Å². The largest absolute Gasteiger partial charge is 0.462 e. The van der Waals surface area contributed by atoms with Gasteiger partial charge in [0.1, 0.15) is 13.2 Å². The van der Waals surface area contributed by atoms with Crippen molar-refractivity contribution >= 4 is 17.9 Å². The SMILES string of the molecule is CCCCCCCCCC(=O)O[C@@H](COC(=O)CCCCCCCCCCCCCCCC(C)C)COC(=O)CCCCCCCCCCCCC(C)C. The van der Waals surface area contributed by atoms with E-state index in [0.29, 0.717) is 19.3 Å². The molecule has 0 amide bonds. The average Bonchev–Trinajstić information content (AvgIpc) is 3.14. The first kappa shape index (κ1) is 52.4. The van der Waals surface area contributed by atoms with Crippen molar-refractivity contribution in [3.05, 3.63) is 0 Å². The van der Waals surface area contributed by atoms with Crippen molar-refractivity contribution in [3.63, 3.8) is 0 Å². The lowest BCUT2D eigenvalue weighted by molar-refractivity contribution is -0.167. The zero-order valence-corrected chi connectivity index (χ0v) is 36.8. The van der Waals surface area contributed by atoms with Gasteiger partial charge in [0.15, 0.2) is 6.10 Å². The Balaban J connectivity index is 4.20. The van der Waals surface area contributed by atoms with Crippen molar-refractivity contribution in [1.29, 1.82) is 0 Å². The molecule has 1 atom stereocenters. The Morgan fingerprint density at radius 1 is 0.352 bits per heavy atom. The summed E-state index contributed by atoms with van der Waals surface area (Å²) in [5.41, 5.74) is 0. The van der Waals surface area contributed by atoms with E-state index < -0.39 is 6.10 Å². The summed E-state index contributed by atoms with van der Waals surface area (Å²) in [5, 5.41) is 0. The van der Waals surface area contributed by atoms with Crippen LogP contribution < -0.4 is 0 Å². The maximum absolute atomic E-state index is 12.6. The molecule has 0 saturated heterocycles. The molecule has 0 saturated carbocycles. The first-order chi connectivity index (χ1) is 26.2. The lowest BCUT2D eigenvalue weighted by Gasteiger charge is -2.18. The van der Waals surface area contributed by atoms with Crippen LogP contribution in [0.4, 0.5) is 0 Å². The number of esters is 3. The normalized spacial score (nSPS) is 12.1. The molecular weight excluding hydrogens is 673 g/mol. The molecule has 0 heterocycles. The predicted molar refractivity (Wildman–Crippen MR) is 229 cm³/mol. The van der Waals surface area contributed by atoms with E-state index >= 15 is 0 Å². The molecular formula is C48H92O6. The van der Waals surface area contributed by atoms with E-state index in [-0.39, 0.29) is 31.1 Å². The van der Waals surface area contributed by atoms with Crippen LogP contribution in [-0.2, 0) is 28.6 Å². The van der Waals surface area contributed by atoms with E-state index in [4.69, 9.17) is 14.2 Å². The second-order valence-corrected chi connectivity index (χ2v) is 17.3. The van der Waals surface area contributed by atoms with E-state index in [1.807, 2.05) is 0 Å². The van der Waals surface area contributed by atoms with E-state index in [0.717, 1.165) is 69.6 Å². The fourth-order valence-corrected chi connectivity index (χ4v) is 7.11. The maximum Gasteiger partial charge on any atom is 0.306 e. The fourth-order valence-electron chi connectivity index (χ4n) is 7.11. The number of hydrogen-bond donors (Lipinski definition) is 0. The molecule has 0 unspecified atom stereocenters. The zero-order valence-electron chi connectivity index (χ0n) is 36.8. The third-order valence-electron chi connectivity index (χ3n) is 10.7. The van der Waals surface area contributed by atoms with Crippen molar-refractivity contribution in [2.24, 2.45) is 11.8 Å². The van der Waals surface area contributed by atoms with Gasteiger partial charge in [-0.25, -0.2) is 0 Å². The van der Waals surface area contributed by atoms with Crippen LogP contribution in [0.15, 0.2) is 0 Å². The van der Waals surface area contributed by atoms with E-state index in [9.17, 15) is 14.4 Å². The van der Waals surface area contributed by atoms with Gasteiger partial charge >= 0.3 is 17.9 Å². The zero-order chi connectivity index (χ0) is 39.7. The summed E-state index contributed by atoms with van der Waals surface area (Å²) in [6.45, 7) is 11.3. The number of unbranched alkanes of at least 4 members (excludes halogenated alkanes) is 27. The van der Waals surface area contributed by atoms with Crippen molar-refractivity contribution in [2.45, 2.75) is 265 Å². The molecule has 320 valence electrons. The summed E-state index contributed by atoms with van der Waals surface area (Å²) in [4.78, 5) is 37.6. The summed E-state index contributed by atoms with van der Waals surface area (Å²) in [5.74, 6) is 0.797. The molecule has 0 aliphatic carbocycles. The minimum absolute atomic E-state index is 0.0649. The van der Waals surface area contributed by atoms with Gasteiger partial charge in [0.2, 0.25) is 0 Å². The van der Waals surface area contributed by atoms with Crippen molar-refractivity contribution in [1.82, 2.24) is 0 Å². The molecule has 6 nitrogen and oxygen atoms in total. The minimum Gasteiger partial charge on any atom is -0.462 e. The smallest absolute Gasteiger partial charge is 0.306 e. The first-order valence-electron chi connectivity index (χ1n) is 23.7. The van der Waals surface area contributed by atoms with Crippen LogP contribution in [0.5, 0.6) is 0 Å². The number of hydrogen-bond acceptors (Lipinski definition) is 6. The highest BCUT2D eigenvalue weighted by molar-refractivity contribution is 5.71. The lowest BCUT2D eigenvalue weighted by Crippen LogP contribution is -2.30. The van der Waals surface area contributed by atoms with Gasteiger partial charge in [-0.2, -0.15) is 0 Å². The Bertz CT molecular complexity index is 824.